The first kappa shape index (κ1) is 27.0. The van der Waals surface area contributed by atoms with Crippen LogP contribution in [0.5, 0.6) is 5.75 Å². The van der Waals surface area contributed by atoms with Gasteiger partial charge in [-0.25, -0.2) is 4.39 Å². The minimum Gasteiger partial charge on any atom is -0.404 e. The maximum absolute atomic E-state index is 14.1. The predicted molar refractivity (Wildman–Crippen MR) is 136 cm³/mol. The minimum absolute atomic E-state index is 0.0492. The van der Waals surface area contributed by atoms with Crippen molar-refractivity contribution in [1.29, 1.82) is 0 Å². The number of hydrogen-bond donors (Lipinski definition) is 2. The molecule has 9 nitrogen and oxygen atoms in total. The fourth-order valence-electron chi connectivity index (χ4n) is 4.45. The van der Waals surface area contributed by atoms with Crippen molar-refractivity contribution in [3.63, 3.8) is 0 Å². The lowest BCUT2D eigenvalue weighted by molar-refractivity contribution is -0.274. The number of alkyl halides is 3. The second-order valence-electron chi connectivity index (χ2n) is 9.38. The third kappa shape index (κ3) is 6.02. The molecule has 1 aromatic heterocycles. The van der Waals surface area contributed by atoms with Gasteiger partial charge in [-0.2, -0.15) is 0 Å². The van der Waals surface area contributed by atoms with E-state index in [1.807, 2.05) is 11.9 Å². The van der Waals surface area contributed by atoms with E-state index in [9.17, 15) is 27.2 Å². The van der Waals surface area contributed by atoms with Crippen LogP contribution in [0.1, 0.15) is 23.2 Å². The van der Waals surface area contributed by atoms with Gasteiger partial charge in [-0.05, 0) is 50.2 Å². The molecule has 206 valence electrons. The summed E-state index contributed by atoms with van der Waals surface area (Å²) in [5, 5.41) is 13.1. The first-order valence-electron chi connectivity index (χ1n) is 12.1. The van der Waals surface area contributed by atoms with Crippen molar-refractivity contribution in [3.8, 4) is 16.3 Å². The molecular weight excluding hydrogens is 540 g/mol. The summed E-state index contributed by atoms with van der Waals surface area (Å²) in [4.78, 5) is 30.4. The number of rotatable bonds is 7. The van der Waals surface area contributed by atoms with Gasteiger partial charge in [-0.1, -0.05) is 23.5 Å². The van der Waals surface area contributed by atoms with Crippen LogP contribution in [0.2, 0.25) is 0 Å². The molecule has 1 saturated carbocycles. The van der Waals surface area contributed by atoms with Crippen molar-refractivity contribution in [2.75, 3.05) is 43.9 Å². The highest BCUT2D eigenvalue weighted by Gasteiger charge is 2.55. The number of nitrogens with one attached hydrogen (secondary N) is 2. The summed E-state index contributed by atoms with van der Waals surface area (Å²) < 4.78 is 57.4. The van der Waals surface area contributed by atoms with E-state index in [1.165, 1.54) is 18.2 Å². The van der Waals surface area contributed by atoms with Gasteiger partial charge in [-0.3, -0.25) is 19.8 Å². The Hall–Kier alpha value is -3.62. The van der Waals surface area contributed by atoms with Gasteiger partial charge in [0.2, 0.25) is 11.0 Å². The van der Waals surface area contributed by atoms with Gasteiger partial charge in [0.25, 0.3) is 5.91 Å². The van der Waals surface area contributed by atoms with Gasteiger partial charge in [0, 0.05) is 37.3 Å². The number of ether oxygens (including phenoxy) is 1. The van der Waals surface area contributed by atoms with E-state index in [0.717, 1.165) is 42.6 Å². The van der Waals surface area contributed by atoms with E-state index >= 15 is 0 Å². The number of likely N-dealkylation sites (N-methyl/N-ethyl adjacent to an activating group) is 1. The molecule has 0 unspecified atom stereocenters. The Labute approximate surface area is 224 Å². The van der Waals surface area contributed by atoms with E-state index in [-0.39, 0.29) is 27.0 Å². The molecule has 0 bridgehead atoms. The molecule has 5 rings (SSSR count). The Morgan fingerprint density at radius 1 is 1.03 bits per heavy atom. The molecule has 1 saturated heterocycles. The second kappa shape index (κ2) is 10.5. The van der Waals surface area contributed by atoms with E-state index < -0.39 is 35.3 Å². The number of aromatic nitrogens is 2. The fraction of sp³-hybridized carbons (Fsp3) is 0.360. The zero-order valence-corrected chi connectivity index (χ0v) is 21.5. The number of benzene rings is 2. The summed E-state index contributed by atoms with van der Waals surface area (Å²) in [7, 11) is 1.98. The van der Waals surface area contributed by atoms with Crippen molar-refractivity contribution in [2.24, 2.45) is 0 Å². The topological polar surface area (TPSA) is 99.7 Å². The Kier molecular flexibility index (Phi) is 7.27. The molecule has 2 amide bonds. The summed E-state index contributed by atoms with van der Waals surface area (Å²) in [6.45, 7) is 2.87. The third-order valence-corrected chi connectivity index (χ3v) is 7.59. The van der Waals surface area contributed by atoms with Crippen LogP contribution in [0, 0.1) is 5.82 Å². The van der Waals surface area contributed by atoms with E-state index in [1.54, 1.807) is 6.07 Å². The highest BCUT2D eigenvalue weighted by atomic mass is 32.1. The average molecular weight is 565 g/mol. The number of carbonyl (C=O) groups is 2. The molecule has 2 N–H and O–H groups in total. The predicted octanol–water partition coefficient (Wildman–Crippen LogP) is 4.21. The number of halogens is 4. The van der Waals surface area contributed by atoms with E-state index in [2.05, 4.69) is 30.5 Å². The molecule has 0 radical (unpaired) electrons. The Morgan fingerprint density at radius 2 is 1.74 bits per heavy atom. The smallest absolute Gasteiger partial charge is 0.404 e. The van der Waals surface area contributed by atoms with Gasteiger partial charge < -0.3 is 15.0 Å². The zero-order chi connectivity index (χ0) is 27.8. The van der Waals surface area contributed by atoms with Crippen molar-refractivity contribution >= 4 is 34.0 Å². The first-order valence-corrected chi connectivity index (χ1v) is 12.9. The van der Waals surface area contributed by atoms with Gasteiger partial charge in [-0.15, -0.1) is 23.4 Å². The Balaban J connectivity index is 1.35. The van der Waals surface area contributed by atoms with Crippen LogP contribution in [0.4, 0.5) is 28.4 Å². The van der Waals surface area contributed by atoms with Crippen LogP contribution in [-0.2, 0) is 4.79 Å². The molecule has 3 aromatic rings. The molecule has 2 aliphatic rings. The SMILES string of the molecule is CN1CCN(C2(C(=O)Nc3cc(C(=O)Nc4nnc(-c5ccccc5F)s4)ccc3OC(F)(F)F)CC2)CC1. The fourth-order valence-corrected chi connectivity index (χ4v) is 5.21. The van der Waals surface area contributed by atoms with E-state index in [0.29, 0.717) is 25.9 Å². The highest BCUT2D eigenvalue weighted by Crippen LogP contribution is 2.44. The number of anilines is 2. The molecule has 39 heavy (non-hydrogen) atoms. The second-order valence-corrected chi connectivity index (χ2v) is 10.4. The lowest BCUT2D eigenvalue weighted by Crippen LogP contribution is -2.54. The number of hydrogen-bond acceptors (Lipinski definition) is 8. The molecule has 2 heterocycles. The maximum atomic E-state index is 14.1. The Bertz CT molecular complexity index is 1390. The van der Waals surface area contributed by atoms with Gasteiger partial charge >= 0.3 is 6.36 Å². The van der Waals surface area contributed by atoms with Crippen LogP contribution in [-0.4, -0.2) is 76.9 Å². The van der Waals surface area contributed by atoms with Crippen LogP contribution in [0.15, 0.2) is 42.5 Å². The highest BCUT2D eigenvalue weighted by molar-refractivity contribution is 7.18. The van der Waals surface area contributed by atoms with Gasteiger partial charge in [0.1, 0.15) is 11.4 Å². The average Bonchev–Trinajstić information content (AvgIpc) is 3.57. The minimum atomic E-state index is -5.01. The number of carbonyl (C=O) groups excluding carboxylic acids is 2. The summed E-state index contributed by atoms with van der Waals surface area (Å²) in [6, 6.07) is 9.18. The van der Waals surface area contributed by atoms with Crippen molar-refractivity contribution in [1.82, 2.24) is 20.0 Å². The number of amides is 2. The van der Waals surface area contributed by atoms with Crippen molar-refractivity contribution in [3.05, 3.63) is 53.8 Å². The largest absolute Gasteiger partial charge is 0.573 e. The standard InChI is InChI=1S/C25H24F4N6O3S/c1-34-10-12-35(13-11-34)24(8-9-24)22(37)30-18-14-15(6-7-19(18)38-25(27,28)29)20(36)31-23-33-32-21(39-23)16-4-2-3-5-17(16)26/h2-7,14H,8-13H2,1H3,(H,30,37)(H,31,33,36). The summed E-state index contributed by atoms with van der Waals surface area (Å²) in [6.07, 6.45) is -3.84. The third-order valence-electron chi connectivity index (χ3n) is 6.72. The normalized spacial score (nSPS) is 17.5. The molecule has 2 fully saturated rings. The van der Waals surface area contributed by atoms with Gasteiger partial charge in [0.15, 0.2) is 10.8 Å². The van der Waals surface area contributed by atoms with Crippen molar-refractivity contribution in [2.45, 2.75) is 24.7 Å². The summed E-state index contributed by atoms with van der Waals surface area (Å²) in [5.41, 5.74) is -0.921. The molecule has 0 spiro atoms. The molecule has 1 aliphatic carbocycles. The van der Waals surface area contributed by atoms with Crippen molar-refractivity contribution < 1.29 is 31.9 Å². The number of piperazine rings is 1. The molecule has 2 aromatic carbocycles. The van der Waals surface area contributed by atoms with Crippen LogP contribution in [0.3, 0.4) is 0 Å². The van der Waals surface area contributed by atoms with E-state index in [4.69, 9.17) is 0 Å². The number of nitrogens with zero attached hydrogens (tertiary/aromatic N) is 4. The zero-order valence-electron chi connectivity index (χ0n) is 20.7. The lowest BCUT2D eigenvalue weighted by atomic mass is 10.1. The monoisotopic (exact) mass is 564 g/mol. The van der Waals surface area contributed by atoms with Crippen LogP contribution >= 0.6 is 11.3 Å². The van der Waals surface area contributed by atoms with Crippen LogP contribution in [0.25, 0.3) is 10.6 Å². The molecule has 1 aliphatic heterocycles. The lowest BCUT2D eigenvalue weighted by Gasteiger charge is -2.37. The quantitative estimate of drug-likeness (QED) is 0.415. The van der Waals surface area contributed by atoms with Crippen LogP contribution < -0.4 is 15.4 Å². The summed E-state index contributed by atoms with van der Waals surface area (Å²) >= 11 is 0.930. The molecular formula is C25H24F4N6O3S. The maximum Gasteiger partial charge on any atom is 0.573 e. The summed E-state index contributed by atoms with van der Waals surface area (Å²) in [5.74, 6) is -2.30. The Morgan fingerprint density at radius 3 is 2.41 bits per heavy atom. The van der Waals surface area contributed by atoms with Gasteiger partial charge in [0.05, 0.1) is 5.69 Å². The molecule has 0 atom stereocenters. The first-order chi connectivity index (χ1) is 18.5. The molecule has 14 heteroatoms.